The Bertz CT molecular complexity index is 1420. The third-order valence-corrected chi connectivity index (χ3v) is 7.38. The van der Waals surface area contributed by atoms with E-state index in [9.17, 15) is 18.4 Å². The van der Waals surface area contributed by atoms with E-state index < -0.39 is 29.0 Å². The van der Waals surface area contributed by atoms with Crippen LogP contribution in [-0.4, -0.2) is 56.1 Å². The molecule has 0 bridgehead atoms. The summed E-state index contributed by atoms with van der Waals surface area (Å²) in [6, 6.07) is 13.7. The predicted octanol–water partition coefficient (Wildman–Crippen LogP) is 4.84. The van der Waals surface area contributed by atoms with E-state index in [4.69, 9.17) is 27.9 Å². The molecule has 39 heavy (non-hydrogen) atoms. The second-order valence-electron chi connectivity index (χ2n) is 9.50. The van der Waals surface area contributed by atoms with Crippen molar-refractivity contribution in [3.63, 3.8) is 0 Å². The van der Waals surface area contributed by atoms with E-state index in [1.165, 1.54) is 0 Å². The van der Waals surface area contributed by atoms with Crippen LogP contribution in [0.15, 0.2) is 54.6 Å². The van der Waals surface area contributed by atoms with Crippen LogP contribution >= 0.6 is 23.2 Å². The van der Waals surface area contributed by atoms with E-state index in [1.54, 1.807) is 42.5 Å². The first-order valence-electron chi connectivity index (χ1n) is 12.5. The summed E-state index contributed by atoms with van der Waals surface area (Å²) in [5, 5.41) is 9.61. The van der Waals surface area contributed by atoms with Crippen LogP contribution in [-0.2, 0) is 21.5 Å². The summed E-state index contributed by atoms with van der Waals surface area (Å²) in [6.07, 6.45) is 0.102. The summed E-state index contributed by atoms with van der Waals surface area (Å²) in [5.74, 6) is -3.37. The topological polar surface area (TPSA) is 82.7 Å². The normalized spacial score (nSPS) is 18.9. The van der Waals surface area contributed by atoms with Crippen LogP contribution in [0.4, 0.5) is 20.2 Å². The fraction of sp³-hybridized carbons (Fsp3) is 0.286. The summed E-state index contributed by atoms with van der Waals surface area (Å²) in [5.41, 5.74) is 0.0975. The maximum atomic E-state index is 14.5. The van der Waals surface area contributed by atoms with Gasteiger partial charge in [0.25, 0.3) is 11.8 Å². The standard InChI is InChI=1S/C28H26Cl2F2N4O3/c29-18-3-1-2-17(12-18)16-28(21-5-4-19(30)13-25(21)34-27(28)38)35-24-15-23(32)22(31)14-20(24)26(37)33-6-7-36-8-10-39-11-9-36/h1-5,12-15,35H,6-11,16H2,(H,33,37)(H,34,38). The number of benzene rings is 3. The molecule has 5 rings (SSSR count). The van der Waals surface area contributed by atoms with Gasteiger partial charge in [-0.05, 0) is 35.9 Å². The molecule has 1 atom stereocenters. The first kappa shape index (κ1) is 27.3. The number of nitrogens with one attached hydrogen (secondary N) is 3. The molecule has 3 aromatic carbocycles. The minimum absolute atomic E-state index is 0.0299. The van der Waals surface area contributed by atoms with E-state index in [0.717, 1.165) is 25.2 Å². The molecule has 1 saturated heterocycles. The van der Waals surface area contributed by atoms with Crippen molar-refractivity contribution in [2.45, 2.75) is 12.0 Å². The first-order chi connectivity index (χ1) is 18.7. The monoisotopic (exact) mass is 574 g/mol. The van der Waals surface area contributed by atoms with E-state index >= 15 is 0 Å². The molecule has 204 valence electrons. The van der Waals surface area contributed by atoms with Gasteiger partial charge in [0.15, 0.2) is 11.6 Å². The number of hydrogen-bond donors (Lipinski definition) is 3. The van der Waals surface area contributed by atoms with Gasteiger partial charge in [-0.3, -0.25) is 14.5 Å². The van der Waals surface area contributed by atoms with Gasteiger partial charge in [0.05, 0.1) is 24.5 Å². The Kier molecular flexibility index (Phi) is 8.04. The van der Waals surface area contributed by atoms with Gasteiger partial charge in [0, 0.05) is 60.0 Å². The number of ether oxygens (including phenoxy) is 1. The zero-order valence-corrected chi connectivity index (χ0v) is 22.3. The second-order valence-corrected chi connectivity index (χ2v) is 10.4. The fourth-order valence-electron chi connectivity index (χ4n) is 4.96. The first-order valence-corrected chi connectivity index (χ1v) is 13.2. The van der Waals surface area contributed by atoms with Crippen molar-refractivity contribution in [2.75, 3.05) is 50.0 Å². The van der Waals surface area contributed by atoms with Crippen LogP contribution in [0.25, 0.3) is 0 Å². The maximum Gasteiger partial charge on any atom is 0.255 e. The summed E-state index contributed by atoms with van der Waals surface area (Å²) < 4.78 is 34.3. The van der Waals surface area contributed by atoms with Gasteiger partial charge in [0.2, 0.25) is 0 Å². The molecule has 1 unspecified atom stereocenters. The van der Waals surface area contributed by atoms with Gasteiger partial charge >= 0.3 is 0 Å². The van der Waals surface area contributed by atoms with Crippen molar-refractivity contribution in [1.29, 1.82) is 0 Å². The van der Waals surface area contributed by atoms with E-state index in [1.807, 2.05) is 0 Å². The molecule has 1 fully saturated rings. The minimum atomic E-state index is -1.47. The van der Waals surface area contributed by atoms with Crippen molar-refractivity contribution >= 4 is 46.4 Å². The molecule has 2 heterocycles. The van der Waals surface area contributed by atoms with Crippen LogP contribution in [0.3, 0.4) is 0 Å². The highest BCUT2D eigenvalue weighted by atomic mass is 35.5. The molecular formula is C28H26Cl2F2N4O3. The molecule has 2 aliphatic rings. The second kappa shape index (κ2) is 11.5. The van der Waals surface area contributed by atoms with Crippen molar-refractivity contribution in [1.82, 2.24) is 10.2 Å². The summed E-state index contributed by atoms with van der Waals surface area (Å²) in [6.45, 7) is 3.61. The number of rotatable bonds is 8. The number of halogens is 4. The van der Waals surface area contributed by atoms with Gasteiger partial charge in [-0.2, -0.15) is 0 Å². The maximum absolute atomic E-state index is 14.5. The molecule has 3 N–H and O–H groups in total. The average Bonchev–Trinajstić information content (AvgIpc) is 3.16. The third-order valence-electron chi connectivity index (χ3n) is 6.91. The predicted molar refractivity (Wildman–Crippen MR) is 146 cm³/mol. The minimum Gasteiger partial charge on any atom is -0.379 e. The number of hydrogen-bond acceptors (Lipinski definition) is 5. The fourth-order valence-corrected chi connectivity index (χ4v) is 5.34. The molecule has 3 aromatic rings. The zero-order valence-electron chi connectivity index (χ0n) is 20.8. The molecule has 0 saturated carbocycles. The number of fused-ring (bicyclic) bond motifs is 1. The highest BCUT2D eigenvalue weighted by Crippen LogP contribution is 2.43. The quantitative estimate of drug-likeness (QED) is 0.359. The smallest absolute Gasteiger partial charge is 0.255 e. The van der Waals surface area contributed by atoms with E-state index in [-0.39, 0.29) is 17.7 Å². The Labute approximate surface area is 234 Å². The molecule has 2 amide bonds. The van der Waals surface area contributed by atoms with Crippen molar-refractivity contribution in [3.8, 4) is 0 Å². The molecule has 0 aromatic heterocycles. The van der Waals surface area contributed by atoms with E-state index in [2.05, 4.69) is 20.9 Å². The Hall–Kier alpha value is -3.24. The largest absolute Gasteiger partial charge is 0.379 e. The lowest BCUT2D eigenvalue weighted by molar-refractivity contribution is -0.119. The number of amides is 2. The molecule has 7 nitrogen and oxygen atoms in total. The molecule has 0 radical (unpaired) electrons. The van der Waals surface area contributed by atoms with Gasteiger partial charge in [-0.25, -0.2) is 8.78 Å². The van der Waals surface area contributed by atoms with Gasteiger partial charge in [-0.1, -0.05) is 41.4 Å². The Morgan fingerprint density at radius 1 is 1.03 bits per heavy atom. The Morgan fingerprint density at radius 2 is 1.77 bits per heavy atom. The van der Waals surface area contributed by atoms with Gasteiger partial charge in [-0.15, -0.1) is 0 Å². The zero-order chi connectivity index (χ0) is 27.6. The number of carbonyl (C=O) groups excluding carboxylic acids is 2. The molecule has 2 aliphatic heterocycles. The number of nitrogens with zero attached hydrogens (tertiary/aromatic N) is 1. The molecule has 0 aliphatic carbocycles. The highest BCUT2D eigenvalue weighted by Gasteiger charge is 2.47. The summed E-state index contributed by atoms with van der Waals surface area (Å²) in [4.78, 5) is 28.9. The van der Waals surface area contributed by atoms with Gasteiger partial charge < -0.3 is 20.7 Å². The van der Waals surface area contributed by atoms with Crippen molar-refractivity contribution < 1.29 is 23.1 Å². The van der Waals surface area contributed by atoms with Crippen LogP contribution in [0.2, 0.25) is 10.0 Å². The highest BCUT2D eigenvalue weighted by molar-refractivity contribution is 6.31. The number of morpholine rings is 1. The Morgan fingerprint density at radius 3 is 2.54 bits per heavy atom. The van der Waals surface area contributed by atoms with Crippen molar-refractivity contribution in [2.24, 2.45) is 0 Å². The van der Waals surface area contributed by atoms with Crippen molar-refractivity contribution in [3.05, 3.63) is 93.0 Å². The van der Waals surface area contributed by atoms with Crippen LogP contribution in [0.5, 0.6) is 0 Å². The van der Waals surface area contributed by atoms with E-state index in [0.29, 0.717) is 53.2 Å². The van der Waals surface area contributed by atoms with Crippen LogP contribution in [0.1, 0.15) is 21.5 Å². The van der Waals surface area contributed by atoms with Crippen LogP contribution in [0, 0.1) is 11.6 Å². The molecule has 0 spiro atoms. The SMILES string of the molecule is O=C(NCCN1CCOCC1)c1cc(F)c(F)cc1NC1(Cc2cccc(Cl)c2)C(=O)Nc2cc(Cl)ccc21. The third kappa shape index (κ3) is 5.86. The number of anilines is 2. The lowest BCUT2D eigenvalue weighted by Gasteiger charge is -2.31. The molecular weight excluding hydrogens is 549 g/mol. The average molecular weight is 575 g/mol. The lowest BCUT2D eigenvalue weighted by Crippen LogP contribution is -2.45. The van der Waals surface area contributed by atoms with Gasteiger partial charge in [0.1, 0.15) is 5.54 Å². The lowest BCUT2D eigenvalue weighted by atomic mass is 9.84. The molecule has 11 heteroatoms. The summed E-state index contributed by atoms with van der Waals surface area (Å²) >= 11 is 12.4. The Balaban J connectivity index is 1.49. The van der Waals surface area contributed by atoms with Crippen LogP contribution < -0.4 is 16.0 Å². The number of carbonyl (C=O) groups is 2. The summed E-state index contributed by atoms with van der Waals surface area (Å²) in [7, 11) is 0.